The molecule has 1 saturated heterocycles. The smallest absolute Gasteiger partial charge is 0.269 e. The topological polar surface area (TPSA) is 66.7 Å². The Morgan fingerprint density at radius 3 is 2.00 bits per heavy atom. The summed E-state index contributed by atoms with van der Waals surface area (Å²) in [4.78, 5) is 28.9. The summed E-state index contributed by atoms with van der Waals surface area (Å²) in [5.41, 5.74) is 2.86. The highest BCUT2D eigenvalue weighted by Gasteiger charge is 2.31. The van der Waals surface area contributed by atoms with Gasteiger partial charge in [0.05, 0.1) is 16.9 Å². The summed E-state index contributed by atoms with van der Waals surface area (Å²) in [5.74, 6) is -0.385. The molecule has 0 aliphatic carbocycles. The van der Waals surface area contributed by atoms with Gasteiger partial charge in [0, 0.05) is 25.7 Å². The van der Waals surface area contributed by atoms with Gasteiger partial charge in [-0.05, 0) is 42.6 Å². The van der Waals surface area contributed by atoms with Crippen molar-refractivity contribution in [2.75, 3.05) is 26.7 Å². The van der Waals surface area contributed by atoms with Crippen LogP contribution in [-0.2, 0) is 4.79 Å². The van der Waals surface area contributed by atoms with Gasteiger partial charge in [0.15, 0.2) is 0 Å². The van der Waals surface area contributed by atoms with E-state index in [1.54, 1.807) is 17.0 Å². The number of amides is 1. The highest BCUT2D eigenvalue weighted by atomic mass is 16.6. The van der Waals surface area contributed by atoms with Gasteiger partial charge in [-0.15, -0.1) is 0 Å². The molecule has 0 radical (unpaired) electrons. The molecule has 6 heteroatoms. The summed E-state index contributed by atoms with van der Waals surface area (Å²) < 4.78 is 0. The van der Waals surface area contributed by atoms with Gasteiger partial charge in [0.1, 0.15) is 0 Å². The van der Waals surface area contributed by atoms with Crippen LogP contribution < -0.4 is 0 Å². The van der Waals surface area contributed by atoms with Gasteiger partial charge in [-0.25, -0.2) is 0 Å². The minimum atomic E-state index is -0.401. The van der Waals surface area contributed by atoms with Gasteiger partial charge < -0.3 is 4.90 Å². The Morgan fingerprint density at radius 2 is 1.45 bits per heavy atom. The first-order chi connectivity index (χ1) is 16.0. The maximum Gasteiger partial charge on any atom is 0.269 e. The number of hydrogen-bond acceptors (Lipinski definition) is 4. The minimum Gasteiger partial charge on any atom is -0.343 e. The molecule has 1 atom stereocenters. The lowest BCUT2D eigenvalue weighted by molar-refractivity contribution is -0.385. The first kappa shape index (κ1) is 22.7. The monoisotopic (exact) mass is 443 g/mol. The SMILES string of the molecule is CN(CC(c1cccc([N+](=O)[O-])c1)N1CCCC1)C(=O)C(c1ccccc1)c1ccccc1. The number of nitro groups is 1. The average molecular weight is 444 g/mol. The molecule has 0 spiro atoms. The molecular weight excluding hydrogens is 414 g/mol. The quantitative estimate of drug-likeness (QED) is 0.362. The van der Waals surface area contributed by atoms with E-state index in [2.05, 4.69) is 4.90 Å². The lowest BCUT2D eigenvalue weighted by Gasteiger charge is -2.33. The maximum atomic E-state index is 13.8. The van der Waals surface area contributed by atoms with E-state index in [0.717, 1.165) is 42.6 Å². The normalized spacial score (nSPS) is 14.8. The van der Waals surface area contributed by atoms with E-state index in [4.69, 9.17) is 0 Å². The fourth-order valence-electron chi connectivity index (χ4n) is 4.67. The molecule has 3 aromatic rings. The van der Waals surface area contributed by atoms with E-state index < -0.39 is 5.92 Å². The molecule has 6 nitrogen and oxygen atoms in total. The van der Waals surface area contributed by atoms with Crippen LogP contribution in [0.4, 0.5) is 5.69 Å². The lowest BCUT2D eigenvalue weighted by atomic mass is 9.90. The second-order valence-corrected chi connectivity index (χ2v) is 8.58. The molecule has 0 N–H and O–H groups in total. The van der Waals surface area contributed by atoms with E-state index in [0.29, 0.717) is 6.54 Å². The van der Waals surface area contributed by atoms with E-state index >= 15 is 0 Å². The van der Waals surface area contributed by atoms with Crippen LogP contribution in [0.3, 0.4) is 0 Å². The van der Waals surface area contributed by atoms with Gasteiger partial charge >= 0.3 is 0 Å². The van der Waals surface area contributed by atoms with Crippen LogP contribution in [0.1, 0.15) is 41.5 Å². The number of likely N-dealkylation sites (tertiary alicyclic amines) is 1. The number of likely N-dealkylation sites (N-methyl/N-ethyl adjacent to an activating group) is 1. The second kappa shape index (κ2) is 10.4. The zero-order valence-corrected chi connectivity index (χ0v) is 18.8. The minimum absolute atomic E-state index is 0.0158. The Bertz CT molecular complexity index is 1040. The molecule has 1 aliphatic heterocycles. The number of benzene rings is 3. The number of carbonyl (C=O) groups is 1. The Kier molecular flexibility index (Phi) is 7.15. The van der Waals surface area contributed by atoms with E-state index in [9.17, 15) is 14.9 Å². The van der Waals surface area contributed by atoms with Crippen LogP contribution in [0.5, 0.6) is 0 Å². The highest BCUT2D eigenvalue weighted by Crippen LogP contribution is 2.31. The van der Waals surface area contributed by atoms with E-state index in [1.165, 1.54) is 6.07 Å². The van der Waals surface area contributed by atoms with Gasteiger partial charge in [0.2, 0.25) is 5.91 Å². The molecule has 170 valence electrons. The highest BCUT2D eigenvalue weighted by molar-refractivity contribution is 5.87. The summed E-state index contributed by atoms with van der Waals surface area (Å²) in [6.45, 7) is 2.32. The molecule has 1 aliphatic rings. The standard InChI is InChI=1S/C27H29N3O3/c1-28(27(31)26(21-11-4-2-5-12-21)22-13-6-3-7-14-22)20-25(29-17-8-9-18-29)23-15-10-16-24(19-23)30(32)33/h2-7,10-16,19,25-26H,8-9,17-18,20H2,1H3. The van der Waals surface area contributed by atoms with Crippen molar-refractivity contribution < 1.29 is 9.72 Å². The molecule has 0 saturated carbocycles. The average Bonchev–Trinajstić information content (AvgIpc) is 3.38. The van der Waals surface area contributed by atoms with Crippen LogP contribution in [0.15, 0.2) is 84.9 Å². The van der Waals surface area contributed by atoms with E-state index in [1.807, 2.05) is 73.8 Å². The third-order valence-corrected chi connectivity index (χ3v) is 6.38. The predicted molar refractivity (Wildman–Crippen MR) is 129 cm³/mol. The summed E-state index contributed by atoms with van der Waals surface area (Å²) >= 11 is 0. The van der Waals surface area contributed by atoms with Crippen molar-refractivity contribution in [3.63, 3.8) is 0 Å². The van der Waals surface area contributed by atoms with Crippen molar-refractivity contribution in [1.82, 2.24) is 9.80 Å². The number of hydrogen-bond donors (Lipinski definition) is 0. The fraction of sp³-hybridized carbons (Fsp3) is 0.296. The van der Waals surface area contributed by atoms with Crippen LogP contribution in [0.2, 0.25) is 0 Å². The summed E-state index contributed by atoms with van der Waals surface area (Å²) in [5, 5.41) is 11.4. The van der Waals surface area contributed by atoms with Gasteiger partial charge in [-0.2, -0.15) is 0 Å². The first-order valence-corrected chi connectivity index (χ1v) is 11.4. The molecule has 3 aromatic carbocycles. The second-order valence-electron chi connectivity index (χ2n) is 8.58. The summed E-state index contributed by atoms with van der Waals surface area (Å²) in [6.07, 6.45) is 2.19. The van der Waals surface area contributed by atoms with Crippen LogP contribution in [-0.4, -0.2) is 47.3 Å². The Labute approximate surface area is 194 Å². The summed E-state index contributed by atoms with van der Waals surface area (Å²) in [7, 11) is 1.83. The predicted octanol–water partition coefficient (Wildman–Crippen LogP) is 5.02. The largest absolute Gasteiger partial charge is 0.343 e. The number of carbonyl (C=O) groups excluding carboxylic acids is 1. The molecule has 0 bridgehead atoms. The van der Waals surface area contributed by atoms with Gasteiger partial charge in [0.25, 0.3) is 5.69 Å². The molecule has 1 amide bonds. The van der Waals surface area contributed by atoms with Crippen molar-refractivity contribution in [1.29, 1.82) is 0 Å². The number of nitrogens with zero attached hydrogens (tertiary/aromatic N) is 3. The third kappa shape index (κ3) is 5.29. The molecule has 4 rings (SSSR count). The Morgan fingerprint density at radius 1 is 0.909 bits per heavy atom. The van der Waals surface area contributed by atoms with Crippen molar-refractivity contribution in [3.05, 3.63) is 112 Å². The lowest BCUT2D eigenvalue weighted by Crippen LogP contribution is -2.40. The van der Waals surface area contributed by atoms with Crippen LogP contribution >= 0.6 is 0 Å². The zero-order chi connectivity index (χ0) is 23.2. The van der Waals surface area contributed by atoms with E-state index in [-0.39, 0.29) is 22.6 Å². The number of rotatable bonds is 8. The maximum absolute atomic E-state index is 13.8. The fourth-order valence-corrected chi connectivity index (χ4v) is 4.67. The third-order valence-electron chi connectivity index (χ3n) is 6.38. The summed E-state index contributed by atoms with van der Waals surface area (Å²) in [6, 6.07) is 26.4. The molecule has 1 unspecified atom stereocenters. The molecule has 33 heavy (non-hydrogen) atoms. The van der Waals surface area contributed by atoms with Crippen molar-refractivity contribution in [2.45, 2.75) is 24.8 Å². The molecule has 1 heterocycles. The van der Waals surface area contributed by atoms with Crippen molar-refractivity contribution in [2.24, 2.45) is 0 Å². The molecule has 1 fully saturated rings. The van der Waals surface area contributed by atoms with Gasteiger partial charge in [-0.3, -0.25) is 19.8 Å². The number of non-ortho nitro benzene ring substituents is 1. The van der Waals surface area contributed by atoms with Crippen LogP contribution in [0.25, 0.3) is 0 Å². The van der Waals surface area contributed by atoms with Crippen molar-refractivity contribution >= 4 is 11.6 Å². The molecule has 0 aromatic heterocycles. The Hall–Kier alpha value is -3.51. The van der Waals surface area contributed by atoms with Crippen LogP contribution in [0, 0.1) is 10.1 Å². The van der Waals surface area contributed by atoms with Crippen molar-refractivity contribution in [3.8, 4) is 0 Å². The number of nitro benzene ring substituents is 1. The van der Waals surface area contributed by atoms with Gasteiger partial charge in [-0.1, -0.05) is 72.8 Å². The first-order valence-electron chi connectivity index (χ1n) is 11.4. The zero-order valence-electron chi connectivity index (χ0n) is 18.8. The Balaban J connectivity index is 1.63. The molecular formula is C27H29N3O3.